The highest BCUT2D eigenvalue weighted by atomic mass is 16.1. The Bertz CT molecular complexity index is 631. The van der Waals surface area contributed by atoms with E-state index in [0.717, 1.165) is 31.1 Å². The van der Waals surface area contributed by atoms with E-state index >= 15 is 0 Å². The lowest BCUT2D eigenvalue weighted by atomic mass is 9.50. The SMILES string of the molecule is CC(C)c1ccc2c(c1)C(=O)C[C@H]1[C@](C)(C=O)CCC[C@]21C. The molecule has 2 heteroatoms. The maximum Gasteiger partial charge on any atom is 0.163 e. The van der Waals surface area contributed by atoms with Gasteiger partial charge in [0.05, 0.1) is 0 Å². The third-order valence-electron chi connectivity index (χ3n) is 6.26. The van der Waals surface area contributed by atoms with Crippen molar-refractivity contribution >= 4 is 12.1 Å². The summed E-state index contributed by atoms with van der Waals surface area (Å²) in [5.74, 6) is 0.779. The predicted octanol–water partition coefficient (Wildman–Crippen LogP) is 4.66. The third kappa shape index (κ3) is 2.07. The fourth-order valence-electron chi connectivity index (χ4n) is 4.78. The Morgan fingerprint density at radius 2 is 1.95 bits per heavy atom. The molecule has 0 unspecified atom stereocenters. The zero-order valence-corrected chi connectivity index (χ0v) is 14.1. The van der Waals surface area contributed by atoms with E-state index in [1.807, 2.05) is 6.92 Å². The summed E-state index contributed by atoms with van der Waals surface area (Å²) in [4.78, 5) is 24.5. The number of carbonyl (C=O) groups excluding carboxylic acids is 2. The van der Waals surface area contributed by atoms with Crippen molar-refractivity contribution in [3.05, 3.63) is 34.9 Å². The number of hydrogen-bond donors (Lipinski definition) is 0. The average molecular weight is 298 g/mol. The van der Waals surface area contributed by atoms with E-state index in [9.17, 15) is 9.59 Å². The number of hydrogen-bond acceptors (Lipinski definition) is 2. The highest BCUT2D eigenvalue weighted by molar-refractivity contribution is 6.00. The van der Waals surface area contributed by atoms with Crippen molar-refractivity contribution in [2.75, 3.05) is 0 Å². The molecule has 0 N–H and O–H groups in total. The summed E-state index contributed by atoms with van der Waals surface area (Å²) in [7, 11) is 0. The smallest absolute Gasteiger partial charge is 0.163 e. The van der Waals surface area contributed by atoms with Crippen LogP contribution in [0.3, 0.4) is 0 Å². The lowest BCUT2D eigenvalue weighted by molar-refractivity contribution is -0.122. The molecule has 0 bridgehead atoms. The van der Waals surface area contributed by atoms with Crippen molar-refractivity contribution in [2.45, 2.75) is 64.7 Å². The molecule has 2 nitrogen and oxygen atoms in total. The Balaban J connectivity index is 2.15. The summed E-state index contributed by atoms with van der Waals surface area (Å²) >= 11 is 0. The Labute approximate surface area is 133 Å². The molecule has 0 heterocycles. The molecule has 2 aliphatic carbocycles. The Kier molecular flexibility index (Phi) is 3.54. The van der Waals surface area contributed by atoms with Crippen LogP contribution in [0.4, 0.5) is 0 Å². The van der Waals surface area contributed by atoms with Gasteiger partial charge in [-0.05, 0) is 47.3 Å². The molecule has 0 aliphatic heterocycles. The predicted molar refractivity (Wildman–Crippen MR) is 88.3 cm³/mol. The van der Waals surface area contributed by atoms with Gasteiger partial charge in [0, 0.05) is 17.4 Å². The van der Waals surface area contributed by atoms with Gasteiger partial charge < -0.3 is 4.79 Å². The molecule has 2 aliphatic rings. The lowest BCUT2D eigenvalue weighted by Gasteiger charge is -2.53. The molecule has 0 radical (unpaired) electrons. The lowest BCUT2D eigenvalue weighted by Crippen LogP contribution is -2.51. The standard InChI is InChI=1S/C20H26O2/c1-13(2)14-6-7-16-15(10-14)17(22)11-18-19(3,12-21)8-5-9-20(16,18)4/h6-7,10,12-13,18H,5,8-9,11H2,1-4H3/t18-,19-,20+/m0/s1. The van der Waals surface area contributed by atoms with E-state index in [2.05, 4.69) is 39.0 Å². The first-order chi connectivity index (χ1) is 10.3. The van der Waals surface area contributed by atoms with Crippen LogP contribution >= 0.6 is 0 Å². The van der Waals surface area contributed by atoms with E-state index < -0.39 is 0 Å². The molecule has 0 aromatic heterocycles. The van der Waals surface area contributed by atoms with Gasteiger partial charge in [0.2, 0.25) is 0 Å². The van der Waals surface area contributed by atoms with Crippen molar-refractivity contribution in [1.29, 1.82) is 0 Å². The average Bonchev–Trinajstić information content (AvgIpc) is 2.49. The van der Waals surface area contributed by atoms with Crippen LogP contribution in [0.1, 0.15) is 80.8 Å². The van der Waals surface area contributed by atoms with Gasteiger partial charge in [0.25, 0.3) is 0 Å². The molecule has 1 fully saturated rings. The molecule has 22 heavy (non-hydrogen) atoms. The van der Waals surface area contributed by atoms with E-state index in [4.69, 9.17) is 0 Å². The van der Waals surface area contributed by atoms with Crippen LogP contribution in [0.25, 0.3) is 0 Å². The van der Waals surface area contributed by atoms with Crippen LogP contribution in [0.15, 0.2) is 18.2 Å². The van der Waals surface area contributed by atoms with Crippen LogP contribution in [-0.2, 0) is 10.2 Å². The maximum absolute atomic E-state index is 12.7. The zero-order chi connectivity index (χ0) is 16.1. The van der Waals surface area contributed by atoms with E-state index in [0.29, 0.717) is 12.3 Å². The normalized spacial score (nSPS) is 34.2. The van der Waals surface area contributed by atoms with Gasteiger partial charge >= 0.3 is 0 Å². The molecule has 0 amide bonds. The topological polar surface area (TPSA) is 34.1 Å². The second-order valence-corrected chi connectivity index (χ2v) is 8.03. The monoisotopic (exact) mass is 298 g/mol. The highest BCUT2D eigenvalue weighted by Gasteiger charge is 2.53. The summed E-state index contributed by atoms with van der Waals surface area (Å²) in [5.41, 5.74) is 2.89. The van der Waals surface area contributed by atoms with Crippen molar-refractivity contribution in [1.82, 2.24) is 0 Å². The van der Waals surface area contributed by atoms with Crippen LogP contribution in [0, 0.1) is 11.3 Å². The van der Waals surface area contributed by atoms with Gasteiger partial charge in [-0.3, -0.25) is 4.79 Å². The minimum absolute atomic E-state index is 0.0489. The van der Waals surface area contributed by atoms with Gasteiger partial charge in [-0.15, -0.1) is 0 Å². The summed E-state index contributed by atoms with van der Waals surface area (Å²) < 4.78 is 0. The number of aldehydes is 1. The molecule has 1 aromatic carbocycles. The molecular weight excluding hydrogens is 272 g/mol. The van der Waals surface area contributed by atoms with Gasteiger partial charge in [-0.25, -0.2) is 0 Å². The number of fused-ring (bicyclic) bond motifs is 3. The highest BCUT2D eigenvalue weighted by Crippen LogP contribution is 2.56. The first-order valence-corrected chi connectivity index (χ1v) is 8.46. The summed E-state index contributed by atoms with van der Waals surface area (Å²) in [6.45, 7) is 8.62. The maximum atomic E-state index is 12.7. The van der Waals surface area contributed by atoms with Crippen LogP contribution in [-0.4, -0.2) is 12.1 Å². The Morgan fingerprint density at radius 3 is 2.59 bits per heavy atom. The molecule has 0 spiro atoms. The van der Waals surface area contributed by atoms with E-state index in [1.54, 1.807) is 0 Å². The number of benzene rings is 1. The Hall–Kier alpha value is -1.44. The number of Topliss-reactive ketones (excluding diaryl/α,β-unsaturated/α-hetero) is 1. The third-order valence-corrected chi connectivity index (χ3v) is 6.26. The summed E-state index contributed by atoms with van der Waals surface area (Å²) in [5, 5.41) is 0. The number of carbonyl (C=O) groups is 2. The van der Waals surface area contributed by atoms with Crippen LogP contribution in [0.2, 0.25) is 0 Å². The summed E-state index contributed by atoms with van der Waals surface area (Å²) in [6.07, 6.45) is 4.66. The number of ketones is 1. The molecule has 1 aromatic rings. The van der Waals surface area contributed by atoms with E-state index in [1.165, 1.54) is 11.1 Å². The first-order valence-electron chi connectivity index (χ1n) is 8.46. The van der Waals surface area contributed by atoms with Crippen molar-refractivity contribution in [3.63, 3.8) is 0 Å². The van der Waals surface area contributed by atoms with E-state index in [-0.39, 0.29) is 22.5 Å². The van der Waals surface area contributed by atoms with Crippen molar-refractivity contribution < 1.29 is 9.59 Å². The largest absolute Gasteiger partial charge is 0.303 e. The van der Waals surface area contributed by atoms with Crippen LogP contribution < -0.4 is 0 Å². The van der Waals surface area contributed by atoms with Gasteiger partial charge in [0.15, 0.2) is 5.78 Å². The molecule has 118 valence electrons. The van der Waals surface area contributed by atoms with Gasteiger partial charge in [0.1, 0.15) is 6.29 Å². The number of rotatable bonds is 2. The van der Waals surface area contributed by atoms with Crippen LogP contribution in [0.5, 0.6) is 0 Å². The van der Waals surface area contributed by atoms with Gasteiger partial charge in [-0.1, -0.05) is 46.2 Å². The molecule has 0 saturated heterocycles. The fraction of sp³-hybridized carbons (Fsp3) is 0.600. The molecule has 3 atom stereocenters. The van der Waals surface area contributed by atoms with Gasteiger partial charge in [-0.2, -0.15) is 0 Å². The van der Waals surface area contributed by atoms with Crippen molar-refractivity contribution in [2.24, 2.45) is 11.3 Å². The second kappa shape index (κ2) is 5.04. The molecular formula is C20H26O2. The minimum Gasteiger partial charge on any atom is -0.303 e. The zero-order valence-electron chi connectivity index (χ0n) is 14.1. The summed E-state index contributed by atoms with van der Waals surface area (Å²) in [6, 6.07) is 6.42. The molecule has 3 rings (SSSR count). The quantitative estimate of drug-likeness (QED) is 0.744. The molecule has 1 saturated carbocycles. The fourth-order valence-corrected chi connectivity index (χ4v) is 4.78. The van der Waals surface area contributed by atoms with Crippen molar-refractivity contribution in [3.8, 4) is 0 Å². The first kappa shape index (κ1) is 15.5. The second-order valence-electron chi connectivity index (χ2n) is 8.03. The minimum atomic E-state index is -0.364. The Morgan fingerprint density at radius 1 is 1.23 bits per heavy atom.